The fourth-order valence-electron chi connectivity index (χ4n) is 1.80. The van der Waals surface area contributed by atoms with E-state index in [2.05, 4.69) is 0 Å². The van der Waals surface area contributed by atoms with Crippen molar-refractivity contribution in [3.63, 3.8) is 0 Å². The molecule has 17 heavy (non-hydrogen) atoms. The topological polar surface area (TPSA) is 29.5 Å². The van der Waals surface area contributed by atoms with Crippen LogP contribution in [0.3, 0.4) is 0 Å². The molecule has 1 aromatic carbocycles. The molecule has 0 radical (unpaired) electrons. The molecule has 0 unspecified atom stereocenters. The molecule has 1 fully saturated rings. The van der Waals surface area contributed by atoms with Crippen LogP contribution >= 0.6 is 0 Å². The predicted molar refractivity (Wildman–Crippen MR) is 62.3 cm³/mol. The number of hydrogen-bond acceptors (Lipinski definition) is 2. The summed E-state index contributed by atoms with van der Waals surface area (Å²) in [6.45, 7) is 2.32. The third kappa shape index (κ3) is 2.75. The third-order valence-electron chi connectivity index (χ3n) is 3.05. The van der Waals surface area contributed by atoms with Crippen LogP contribution < -0.4 is 0 Å². The van der Waals surface area contributed by atoms with Crippen molar-refractivity contribution in [2.75, 3.05) is 13.1 Å². The number of alkyl halides is 1. The Morgan fingerprint density at radius 3 is 2.65 bits per heavy atom. The van der Waals surface area contributed by atoms with Gasteiger partial charge in [-0.25, -0.2) is 9.18 Å². The van der Waals surface area contributed by atoms with Gasteiger partial charge in [0.05, 0.1) is 13.1 Å². The second-order valence-corrected chi connectivity index (χ2v) is 4.40. The maximum atomic E-state index is 13.6. The smallest absolute Gasteiger partial charge is 0.410 e. The number of halogens is 1. The van der Waals surface area contributed by atoms with Crippen LogP contribution in [0.1, 0.15) is 18.9 Å². The van der Waals surface area contributed by atoms with Crippen molar-refractivity contribution >= 4 is 6.09 Å². The third-order valence-corrected chi connectivity index (χ3v) is 3.05. The minimum atomic E-state index is -1.20. The standard InChI is InChI=1S/C13H16FNO2/c1-2-13(14)9-15(10-13)12(16)17-8-11-6-4-3-5-7-11/h3-7H,2,8-10H2,1H3. The minimum Gasteiger partial charge on any atom is -0.445 e. The van der Waals surface area contributed by atoms with Crippen molar-refractivity contribution in [3.8, 4) is 0 Å². The second kappa shape index (κ2) is 4.73. The van der Waals surface area contributed by atoms with Gasteiger partial charge < -0.3 is 9.64 Å². The van der Waals surface area contributed by atoms with E-state index in [4.69, 9.17) is 4.74 Å². The van der Waals surface area contributed by atoms with Gasteiger partial charge >= 0.3 is 6.09 Å². The number of hydrogen-bond donors (Lipinski definition) is 0. The van der Waals surface area contributed by atoms with Crippen molar-refractivity contribution < 1.29 is 13.9 Å². The summed E-state index contributed by atoms with van der Waals surface area (Å²) < 4.78 is 18.6. The van der Waals surface area contributed by atoms with E-state index in [9.17, 15) is 9.18 Å². The maximum absolute atomic E-state index is 13.6. The fourth-order valence-corrected chi connectivity index (χ4v) is 1.80. The second-order valence-electron chi connectivity index (χ2n) is 4.40. The van der Waals surface area contributed by atoms with Crippen molar-refractivity contribution in [2.24, 2.45) is 0 Å². The molecule has 0 atom stereocenters. The summed E-state index contributed by atoms with van der Waals surface area (Å²) in [6.07, 6.45) is 0.00530. The first kappa shape index (κ1) is 11.9. The lowest BCUT2D eigenvalue weighted by Gasteiger charge is -2.42. The molecular formula is C13H16FNO2. The minimum absolute atomic E-state index is 0.150. The Balaban J connectivity index is 1.76. The van der Waals surface area contributed by atoms with Gasteiger partial charge in [-0.15, -0.1) is 0 Å². The zero-order chi connectivity index (χ0) is 12.3. The average molecular weight is 237 g/mol. The number of benzene rings is 1. The van der Waals surface area contributed by atoms with Gasteiger partial charge in [-0.2, -0.15) is 0 Å². The summed E-state index contributed by atoms with van der Waals surface area (Å²) in [5, 5.41) is 0. The van der Waals surface area contributed by atoms with Crippen LogP contribution in [0.5, 0.6) is 0 Å². The fraction of sp³-hybridized carbons (Fsp3) is 0.462. The predicted octanol–water partition coefficient (Wildman–Crippen LogP) is 2.76. The van der Waals surface area contributed by atoms with E-state index in [0.717, 1.165) is 5.56 Å². The highest BCUT2D eigenvalue weighted by Gasteiger charge is 2.44. The van der Waals surface area contributed by atoms with Crippen LogP contribution in [0, 0.1) is 0 Å². The monoisotopic (exact) mass is 237 g/mol. The molecule has 1 amide bonds. The van der Waals surface area contributed by atoms with Crippen LogP contribution in [0.2, 0.25) is 0 Å². The van der Waals surface area contributed by atoms with E-state index in [1.807, 2.05) is 30.3 Å². The van der Waals surface area contributed by atoms with E-state index in [1.54, 1.807) is 6.92 Å². The molecule has 2 rings (SSSR count). The number of carbonyl (C=O) groups excluding carboxylic acids is 1. The van der Waals surface area contributed by atoms with Gasteiger partial charge in [0, 0.05) is 0 Å². The van der Waals surface area contributed by atoms with Gasteiger partial charge in [0.2, 0.25) is 0 Å². The van der Waals surface area contributed by atoms with Crippen LogP contribution in [0.4, 0.5) is 9.18 Å². The molecule has 0 aliphatic carbocycles. The van der Waals surface area contributed by atoms with E-state index in [-0.39, 0.29) is 19.7 Å². The quantitative estimate of drug-likeness (QED) is 0.809. The van der Waals surface area contributed by atoms with Crippen molar-refractivity contribution in [3.05, 3.63) is 35.9 Å². The number of carbonyl (C=O) groups is 1. The molecule has 3 nitrogen and oxygen atoms in total. The first-order chi connectivity index (χ1) is 8.13. The van der Waals surface area contributed by atoms with Crippen molar-refractivity contribution in [2.45, 2.75) is 25.6 Å². The van der Waals surface area contributed by atoms with Crippen LogP contribution in [-0.4, -0.2) is 29.8 Å². The normalized spacial score (nSPS) is 17.4. The highest BCUT2D eigenvalue weighted by molar-refractivity contribution is 5.69. The van der Waals surface area contributed by atoms with Gasteiger partial charge in [0.15, 0.2) is 0 Å². The van der Waals surface area contributed by atoms with E-state index in [1.165, 1.54) is 4.90 Å². The number of amides is 1. The van der Waals surface area contributed by atoms with Crippen LogP contribution in [0.15, 0.2) is 30.3 Å². The first-order valence-electron chi connectivity index (χ1n) is 5.77. The van der Waals surface area contributed by atoms with Gasteiger partial charge in [-0.1, -0.05) is 37.3 Å². The Kier molecular flexibility index (Phi) is 3.31. The molecule has 1 heterocycles. The molecule has 92 valence electrons. The summed E-state index contributed by atoms with van der Waals surface area (Å²) in [5.41, 5.74) is -0.269. The zero-order valence-electron chi connectivity index (χ0n) is 9.86. The Morgan fingerprint density at radius 2 is 2.06 bits per heavy atom. The number of ether oxygens (including phenoxy) is 1. The zero-order valence-corrected chi connectivity index (χ0v) is 9.86. The molecule has 0 N–H and O–H groups in total. The Labute approximate surface area is 100 Å². The summed E-state index contributed by atoms with van der Waals surface area (Å²) >= 11 is 0. The van der Waals surface area contributed by atoms with E-state index >= 15 is 0 Å². The summed E-state index contributed by atoms with van der Waals surface area (Å²) in [4.78, 5) is 12.9. The Hall–Kier alpha value is -1.58. The number of nitrogens with zero attached hydrogens (tertiary/aromatic N) is 1. The molecule has 0 spiro atoms. The highest BCUT2D eigenvalue weighted by atomic mass is 19.1. The van der Waals surface area contributed by atoms with Crippen molar-refractivity contribution in [1.29, 1.82) is 0 Å². The molecule has 0 aromatic heterocycles. The largest absolute Gasteiger partial charge is 0.445 e. The molecule has 1 aliphatic rings. The molecular weight excluding hydrogens is 221 g/mol. The first-order valence-corrected chi connectivity index (χ1v) is 5.77. The summed E-state index contributed by atoms with van der Waals surface area (Å²) in [6, 6.07) is 9.44. The van der Waals surface area contributed by atoms with E-state index < -0.39 is 11.8 Å². The molecule has 0 saturated carbocycles. The lowest BCUT2D eigenvalue weighted by molar-refractivity contribution is -0.0328. The number of rotatable bonds is 3. The number of likely N-dealkylation sites (tertiary alicyclic amines) is 1. The van der Waals surface area contributed by atoms with Gasteiger partial charge in [0.25, 0.3) is 0 Å². The molecule has 0 bridgehead atoms. The SMILES string of the molecule is CCC1(F)CN(C(=O)OCc2ccccc2)C1. The van der Waals surface area contributed by atoms with Crippen LogP contribution in [-0.2, 0) is 11.3 Å². The maximum Gasteiger partial charge on any atom is 0.410 e. The molecule has 1 aromatic rings. The molecule has 4 heteroatoms. The Bertz CT molecular complexity index is 388. The average Bonchev–Trinajstić information content (AvgIpc) is 2.33. The highest BCUT2D eigenvalue weighted by Crippen LogP contribution is 2.29. The van der Waals surface area contributed by atoms with Crippen LogP contribution in [0.25, 0.3) is 0 Å². The van der Waals surface area contributed by atoms with Gasteiger partial charge in [-0.3, -0.25) is 0 Å². The van der Waals surface area contributed by atoms with Gasteiger partial charge in [0.1, 0.15) is 12.3 Å². The van der Waals surface area contributed by atoms with E-state index in [0.29, 0.717) is 6.42 Å². The summed E-state index contributed by atoms with van der Waals surface area (Å²) in [7, 11) is 0. The lowest BCUT2D eigenvalue weighted by Crippen LogP contribution is -2.60. The molecule has 1 aliphatic heterocycles. The lowest BCUT2D eigenvalue weighted by atomic mass is 9.94. The molecule has 1 saturated heterocycles. The van der Waals surface area contributed by atoms with Gasteiger partial charge in [-0.05, 0) is 12.0 Å². The van der Waals surface area contributed by atoms with Crippen molar-refractivity contribution in [1.82, 2.24) is 4.90 Å². The Morgan fingerprint density at radius 1 is 1.41 bits per heavy atom. The summed E-state index contributed by atoms with van der Waals surface area (Å²) in [5.74, 6) is 0.